The SMILES string of the molecule is CCC(Oc1ccccc1C)C(=O)Nc1cc(COC)cc(C(=O)O)c1. The molecule has 6 heteroatoms. The molecule has 2 rings (SSSR count). The molecule has 0 saturated carbocycles. The number of carbonyl (C=O) groups is 2. The number of benzene rings is 2. The number of hydrogen-bond acceptors (Lipinski definition) is 4. The lowest BCUT2D eigenvalue weighted by molar-refractivity contribution is -0.122. The maximum absolute atomic E-state index is 12.6. The minimum atomic E-state index is -1.07. The Bertz CT molecular complexity index is 788. The highest BCUT2D eigenvalue weighted by molar-refractivity contribution is 5.96. The van der Waals surface area contributed by atoms with Crippen molar-refractivity contribution in [3.8, 4) is 5.75 Å². The molecule has 1 atom stereocenters. The largest absolute Gasteiger partial charge is 0.480 e. The Kier molecular flexibility index (Phi) is 6.74. The molecule has 0 fully saturated rings. The number of para-hydroxylation sites is 1. The van der Waals surface area contributed by atoms with Gasteiger partial charge in [-0.15, -0.1) is 0 Å². The number of ether oxygens (including phenoxy) is 2. The fourth-order valence-corrected chi connectivity index (χ4v) is 2.52. The zero-order valence-corrected chi connectivity index (χ0v) is 15.1. The summed E-state index contributed by atoms with van der Waals surface area (Å²) < 4.78 is 10.9. The van der Waals surface area contributed by atoms with E-state index in [-0.39, 0.29) is 18.1 Å². The predicted molar refractivity (Wildman–Crippen MR) is 98.6 cm³/mol. The molecule has 6 nitrogen and oxygen atoms in total. The van der Waals surface area contributed by atoms with Gasteiger partial charge in [-0.3, -0.25) is 4.79 Å². The van der Waals surface area contributed by atoms with E-state index in [1.54, 1.807) is 6.07 Å². The van der Waals surface area contributed by atoms with E-state index in [2.05, 4.69) is 5.32 Å². The Morgan fingerprint density at radius 1 is 1.19 bits per heavy atom. The Morgan fingerprint density at radius 3 is 2.54 bits per heavy atom. The molecule has 1 amide bonds. The van der Waals surface area contributed by atoms with Gasteiger partial charge in [-0.2, -0.15) is 0 Å². The van der Waals surface area contributed by atoms with Crippen molar-refractivity contribution in [1.29, 1.82) is 0 Å². The number of rotatable bonds is 8. The molecule has 0 aliphatic heterocycles. The second-order valence-corrected chi connectivity index (χ2v) is 5.93. The molecule has 0 heterocycles. The van der Waals surface area contributed by atoms with Crippen LogP contribution in [0.2, 0.25) is 0 Å². The van der Waals surface area contributed by atoms with Gasteiger partial charge in [0.2, 0.25) is 0 Å². The van der Waals surface area contributed by atoms with E-state index < -0.39 is 12.1 Å². The van der Waals surface area contributed by atoms with Gasteiger partial charge in [0.1, 0.15) is 5.75 Å². The highest BCUT2D eigenvalue weighted by atomic mass is 16.5. The molecule has 1 unspecified atom stereocenters. The highest BCUT2D eigenvalue weighted by Crippen LogP contribution is 2.21. The van der Waals surface area contributed by atoms with Crippen molar-refractivity contribution < 1.29 is 24.2 Å². The van der Waals surface area contributed by atoms with Crippen molar-refractivity contribution in [2.24, 2.45) is 0 Å². The van der Waals surface area contributed by atoms with E-state index in [1.807, 2.05) is 38.1 Å². The van der Waals surface area contributed by atoms with Gasteiger partial charge in [-0.25, -0.2) is 4.79 Å². The van der Waals surface area contributed by atoms with Crippen molar-refractivity contribution in [2.75, 3.05) is 12.4 Å². The molecule has 2 N–H and O–H groups in total. The van der Waals surface area contributed by atoms with Crippen LogP contribution in [0.15, 0.2) is 42.5 Å². The summed E-state index contributed by atoms with van der Waals surface area (Å²) in [5, 5.41) is 12.0. The molecule has 0 saturated heterocycles. The van der Waals surface area contributed by atoms with Crippen LogP contribution in [0, 0.1) is 6.92 Å². The molecule has 2 aromatic carbocycles. The summed E-state index contributed by atoms with van der Waals surface area (Å²) in [5.74, 6) is -0.753. The van der Waals surface area contributed by atoms with E-state index in [0.29, 0.717) is 23.4 Å². The Morgan fingerprint density at radius 2 is 1.92 bits per heavy atom. The van der Waals surface area contributed by atoms with Crippen molar-refractivity contribution in [1.82, 2.24) is 0 Å². The fourth-order valence-electron chi connectivity index (χ4n) is 2.52. The number of hydrogen-bond donors (Lipinski definition) is 2. The Hall–Kier alpha value is -2.86. The second-order valence-electron chi connectivity index (χ2n) is 5.93. The van der Waals surface area contributed by atoms with E-state index in [4.69, 9.17) is 9.47 Å². The van der Waals surface area contributed by atoms with Crippen LogP contribution in [0.1, 0.15) is 34.8 Å². The first-order valence-electron chi connectivity index (χ1n) is 8.34. The normalized spacial score (nSPS) is 11.7. The van der Waals surface area contributed by atoms with E-state index in [0.717, 1.165) is 5.56 Å². The number of methoxy groups -OCH3 is 1. The van der Waals surface area contributed by atoms with Gasteiger partial charge >= 0.3 is 5.97 Å². The maximum Gasteiger partial charge on any atom is 0.335 e. The Balaban J connectivity index is 2.18. The summed E-state index contributed by atoms with van der Waals surface area (Å²) in [5.41, 5.74) is 2.08. The third-order valence-corrected chi connectivity index (χ3v) is 3.84. The van der Waals surface area contributed by atoms with Crippen LogP contribution in [-0.2, 0) is 16.1 Å². The van der Waals surface area contributed by atoms with Gasteiger partial charge in [-0.05, 0) is 48.7 Å². The molecule has 0 aromatic heterocycles. The molecule has 0 aliphatic rings. The first-order valence-corrected chi connectivity index (χ1v) is 8.34. The van der Waals surface area contributed by atoms with Crippen molar-refractivity contribution in [3.05, 3.63) is 59.2 Å². The first kappa shape index (κ1) is 19.5. The van der Waals surface area contributed by atoms with Gasteiger partial charge in [0.25, 0.3) is 5.91 Å². The van der Waals surface area contributed by atoms with Crippen LogP contribution in [0.3, 0.4) is 0 Å². The first-order chi connectivity index (χ1) is 12.4. The molecule has 0 spiro atoms. The molecular weight excluding hydrogens is 334 g/mol. The molecule has 138 valence electrons. The monoisotopic (exact) mass is 357 g/mol. The number of aromatic carboxylic acids is 1. The molecule has 0 bridgehead atoms. The lowest BCUT2D eigenvalue weighted by Gasteiger charge is -2.19. The van der Waals surface area contributed by atoms with Crippen LogP contribution >= 0.6 is 0 Å². The highest BCUT2D eigenvalue weighted by Gasteiger charge is 2.20. The number of carbonyl (C=O) groups excluding carboxylic acids is 1. The summed E-state index contributed by atoms with van der Waals surface area (Å²) in [6.45, 7) is 4.01. The average molecular weight is 357 g/mol. The zero-order valence-electron chi connectivity index (χ0n) is 15.1. The average Bonchev–Trinajstić information content (AvgIpc) is 2.61. The van der Waals surface area contributed by atoms with Crippen molar-refractivity contribution in [3.63, 3.8) is 0 Å². The number of amides is 1. The number of nitrogens with one attached hydrogen (secondary N) is 1. The number of carboxylic acid groups (broad SMARTS) is 1. The summed E-state index contributed by atoms with van der Waals surface area (Å²) in [7, 11) is 1.52. The van der Waals surface area contributed by atoms with E-state index >= 15 is 0 Å². The molecule has 0 aliphatic carbocycles. The standard InChI is InChI=1S/C20H23NO5/c1-4-17(26-18-8-6-5-7-13(18)2)19(22)21-16-10-14(12-25-3)9-15(11-16)20(23)24/h5-11,17H,4,12H2,1-3H3,(H,21,22)(H,23,24). The number of aryl methyl sites for hydroxylation is 1. The van der Waals surface area contributed by atoms with Crippen LogP contribution in [-0.4, -0.2) is 30.2 Å². The van der Waals surface area contributed by atoms with Gasteiger partial charge in [0.15, 0.2) is 6.10 Å². The smallest absolute Gasteiger partial charge is 0.335 e. The van der Waals surface area contributed by atoms with Gasteiger partial charge in [-0.1, -0.05) is 25.1 Å². The van der Waals surface area contributed by atoms with Gasteiger partial charge in [0, 0.05) is 12.8 Å². The summed E-state index contributed by atoms with van der Waals surface area (Å²) in [6.07, 6.45) is -0.209. The third kappa shape index (κ3) is 5.07. The quantitative estimate of drug-likeness (QED) is 0.753. The minimum Gasteiger partial charge on any atom is -0.480 e. The fraction of sp³-hybridized carbons (Fsp3) is 0.300. The number of anilines is 1. The van der Waals surface area contributed by atoms with Crippen LogP contribution in [0.4, 0.5) is 5.69 Å². The van der Waals surface area contributed by atoms with Gasteiger partial charge in [0.05, 0.1) is 12.2 Å². The lowest BCUT2D eigenvalue weighted by Crippen LogP contribution is -2.32. The van der Waals surface area contributed by atoms with Crippen LogP contribution in [0.5, 0.6) is 5.75 Å². The summed E-state index contributed by atoms with van der Waals surface area (Å²) in [4.78, 5) is 23.9. The van der Waals surface area contributed by atoms with Crippen LogP contribution < -0.4 is 10.1 Å². The second kappa shape index (κ2) is 9.01. The van der Waals surface area contributed by atoms with E-state index in [9.17, 15) is 14.7 Å². The van der Waals surface area contributed by atoms with Crippen LogP contribution in [0.25, 0.3) is 0 Å². The molecular formula is C20H23NO5. The predicted octanol–water partition coefficient (Wildman–Crippen LogP) is 3.64. The topological polar surface area (TPSA) is 84.9 Å². The lowest BCUT2D eigenvalue weighted by atomic mass is 10.1. The molecule has 2 aromatic rings. The maximum atomic E-state index is 12.6. The zero-order chi connectivity index (χ0) is 19.1. The molecule has 26 heavy (non-hydrogen) atoms. The summed E-state index contributed by atoms with van der Waals surface area (Å²) >= 11 is 0. The van der Waals surface area contributed by atoms with Crippen molar-refractivity contribution >= 4 is 17.6 Å². The minimum absolute atomic E-state index is 0.0859. The molecule has 0 radical (unpaired) electrons. The Labute approximate surface area is 152 Å². The van der Waals surface area contributed by atoms with E-state index in [1.165, 1.54) is 19.2 Å². The van der Waals surface area contributed by atoms with Crippen molar-refractivity contribution in [2.45, 2.75) is 33.0 Å². The number of carboxylic acids is 1. The third-order valence-electron chi connectivity index (χ3n) is 3.84. The van der Waals surface area contributed by atoms with Gasteiger partial charge < -0.3 is 19.9 Å². The summed E-state index contributed by atoms with van der Waals surface area (Å²) in [6, 6.07) is 12.1.